The molecule has 0 aliphatic heterocycles. The van der Waals surface area contributed by atoms with E-state index in [0.717, 1.165) is 12.3 Å². The van der Waals surface area contributed by atoms with Crippen LogP contribution in [0.1, 0.15) is 10.4 Å². The van der Waals surface area contributed by atoms with E-state index in [4.69, 9.17) is 5.11 Å². The largest absolute Gasteiger partial charge is 0.478 e. The van der Waals surface area contributed by atoms with Gasteiger partial charge in [0.2, 0.25) is 0 Å². The van der Waals surface area contributed by atoms with E-state index in [1.165, 1.54) is 18.2 Å². The Hall–Kier alpha value is -2.35. The van der Waals surface area contributed by atoms with Crippen molar-refractivity contribution in [2.45, 2.75) is 4.90 Å². The van der Waals surface area contributed by atoms with E-state index in [1.54, 1.807) is 0 Å². The maximum Gasteiger partial charge on any atom is 0.411 e. The molecule has 0 atom stereocenters. The fraction of sp³-hybridized carbons (Fsp3) is 0.167. The highest BCUT2D eigenvalue weighted by atomic mass is 32.2. The number of carbonyl (C=O) groups excluding carboxylic acids is 1. The van der Waals surface area contributed by atoms with Gasteiger partial charge in [0.05, 0.1) is 16.1 Å². The standard InChI is InChI=1S/C12H13NO6S/c1-3-6-19-12(16)13-10-5-4-8(20(2,17)18)7-9(10)11(14)15/h3-5,7H,1,6H2,2H3,(H,13,16)(H,14,15). The van der Waals surface area contributed by atoms with E-state index < -0.39 is 21.9 Å². The average Bonchev–Trinajstić information content (AvgIpc) is 2.35. The molecule has 0 saturated carbocycles. The Morgan fingerprint density at radius 2 is 2.10 bits per heavy atom. The zero-order chi connectivity index (χ0) is 15.3. The second kappa shape index (κ2) is 6.20. The van der Waals surface area contributed by atoms with E-state index in [2.05, 4.69) is 16.6 Å². The van der Waals surface area contributed by atoms with E-state index in [-0.39, 0.29) is 22.8 Å². The van der Waals surface area contributed by atoms with Crippen LogP contribution in [0.5, 0.6) is 0 Å². The van der Waals surface area contributed by atoms with Gasteiger partial charge in [0, 0.05) is 6.26 Å². The molecule has 0 heterocycles. The van der Waals surface area contributed by atoms with Crippen LogP contribution in [0.3, 0.4) is 0 Å². The second-order valence-corrected chi connectivity index (χ2v) is 5.81. The summed E-state index contributed by atoms with van der Waals surface area (Å²) in [6.07, 6.45) is 1.45. The third-order valence-corrected chi connectivity index (χ3v) is 3.33. The van der Waals surface area contributed by atoms with Crippen LogP contribution >= 0.6 is 0 Å². The molecular weight excluding hydrogens is 286 g/mol. The summed E-state index contributed by atoms with van der Waals surface area (Å²) in [4.78, 5) is 22.3. The third kappa shape index (κ3) is 4.09. The summed E-state index contributed by atoms with van der Waals surface area (Å²) >= 11 is 0. The van der Waals surface area contributed by atoms with Gasteiger partial charge in [-0.05, 0) is 18.2 Å². The molecule has 0 aliphatic carbocycles. The van der Waals surface area contributed by atoms with Gasteiger partial charge in [-0.1, -0.05) is 12.7 Å². The Kier molecular flexibility index (Phi) is 4.87. The van der Waals surface area contributed by atoms with Crippen molar-refractivity contribution in [2.24, 2.45) is 0 Å². The predicted octanol–water partition coefficient (Wildman–Crippen LogP) is 1.52. The molecule has 0 fully saturated rings. The van der Waals surface area contributed by atoms with Crippen molar-refractivity contribution in [1.29, 1.82) is 0 Å². The number of hydrogen-bond acceptors (Lipinski definition) is 5. The Bertz CT molecular complexity index is 650. The van der Waals surface area contributed by atoms with E-state index in [9.17, 15) is 18.0 Å². The Balaban J connectivity index is 3.11. The lowest BCUT2D eigenvalue weighted by molar-refractivity contribution is 0.0697. The van der Waals surface area contributed by atoms with Crippen molar-refractivity contribution in [2.75, 3.05) is 18.2 Å². The predicted molar refractivity (Wildman–Crippen MR) is 71.7 cm³/mol. The average molecular weight is 299 g/mol. The third-order valence-electron chi connectivity index (χ3n) is 2.22. The molecule has 1 rings (SSSR count). The minimum absolute atomic E-state index is 0.0321. The van der Waals surface area contributed by atoms with Crippen molar-refractivity contribution < 1.29 is 27.9 Å². The summed E-state index contributed by atoms with van der Waals surface area (Å²) < 4.78 is 27.4. The fourth-order valence-corrected chi connectivity index (χ4v) is 1.97. The number of carboxylic acids is 1. The van der Waals surface area contributed by atoms with Gasteiger partial charge >= 0.3 is 12.1 Å². The first kappa shape index (κ1) is 15.7. The van der Waals surface area contributed by atoms with Crippen LogP contribution in [0.25, 0.3) is 0 Å². The molecule has 0 unspecified atom stereocenters. The van der Waals surface area contributed by atoms with E-state index >= 15 is 0 Å². The Morgan fingerprint density at radius 3 is 2.60 bits per heavy atom. The summed E-state index contributed by atoms with van der Waals surface area (Å²) in [6, 6.07) is 3.36. The quantitative estimate of drug-likeness (QED) is 0.798. The number of ether oxygens (including phenoxy) is 1. The monoisotopic (exact) mass is 299 g/mol. The number of hydrogen-bond donors (Lipinski definition) is 2. The number of anilines is 1. The summed E-state index contributed by atoms with van der Waals surface area (Å²) in [6.45, 7) is 3.33. The second-order valence-electron chi connectivity index (χ2n) is 3.80. The summed E-state index contributed by atoms with van der Waals surface area (Å²) in [7, 11) is -3.54. The van der Waals surface area contributed by atoms with Crippen LogP contribution in [0.4, 0.5) is 10.5 Å². The first-order valence-corrected chi connectivity index (χ1v) is 7.27. The lowest BCUT2D eigenvalue weighted by Gasteiger charge is -2.09. The van der Waals surface area contributed by atoms with E-state index in [1.807, 2.05) is 0 Å². The van der Waals surface area contributed by atoms with Crippen molar-refractivity contribution in [3.63, 3.8) is 0 Å². The fourth-order valence-electron chi connectivity index (χ4n) is 1.32. The summed E-state index contributed by atoms with van der Waals surface area (Å²) in [5.41, 5.74) is -0.401. The van der Waals surface area contributed by atoms with Crippen molar-refractivity contribution in [1.82, 2.24) is 0 Å². The maximum absolute atomic E-state index is 11.4. The Morgan fingerprint density at radius 1 is 1.45 bits per heavy atom. The normalized spacial score (nSPS) is 10.7. The highest BCUT2D eigenvalue weighted by molar-refractivity contribution is 7.90. The molecule has 0 spiro atoms. The number of amides is 1. The number of sulfone groups is 1. The van der Waals surface area contributed by atoms with Crippen molar-refractivity contribution in [3.8, 4) is 0 Å². The molecule has 0 bridgehead atoms. The van der Waals surface area contributed by atoms with Gasteiger partial charge < -0.3 is 9.84 Å². The maximum atomic E-state index is 11.4. The van der Waals surface area contributed by atoms with Crippen molar-refractivity contribution in [3.05, 3.63) is 36.4 Å². The molecule has 7 nitrogen and oxygen atoms in total. The lowest BCUT2D eigenvalue weighted by atomic mass is 10.2. The zero-order valence-electron chi connectivity index (χ0n) is 10.6. The van der Waals surface area contributed by atoms with Crippen LogP contribution in [0.15, 0.2) is 35.7 Å². The van der Waals surface area contributed by atoms with Gasteiger partial charge in [0.15, 0.2) is 9.84 Å². The highest BCUT2D eigenvalue weighted by Crippen LogP contribution is 2.21. The molecule has 8 heteroatoms. The minimum Gasteiger partial charge on any atom is -0.478 e. The Labute approximate surface area is 115 Å². The molecule has 0 radical (unpaired) electrons. The van der Waals surface area contributed by atoms with Gasteiger partial charge in [-0.25, -0.2) is 18.0 Å². The number of rotatable bonds is 5. The van der Waals surface area contributed by atoms with Gasteiger partial charge in [-0.2, -0.15) is 0 Å². The highest BCUT2D eigenvalue weighted by Gasteiger charge is 2.17. The minimum atomic E-state index is -3.54. The van der Waals surface area contributed by atoms with Crippen LogP contribution in [0.2, 0.25) is 0 Å². The van der Waals surface area contributed by atoms with E-state index in [0.29, 0.717) is 0 Å². The molecule has 0 saturated heterocycles. The van der Waals surface area contributed by atoms with Crippen LogP contribution < -0.4 is 5.32 Å². The van der Waals surface area contributed by atoms with Crippen molar-refractivity contribution >= 4 is 27.6 Å². The number of benzene rings is 1. The number of aromatic carboxylic acids is 1. The van der Waals surface area contributed by atoms with Crippen LogP contribution in [-0.4, -0.2) is 38.4 Å². The first-order chi connectivity index (χ1) is 9.25. The topological polar surface area (TPSA) is 110 Å². The van der Waals surface area contributed by atoms with Gasteiger partial charge in [0.25, 0.3) is 0 Å². The number of carboxylic acid groups (broad SMARTS) is 1. The molecule has 2 N–H and O–H groups in total. The summed E-state index contributed by atoms with van der Waals surface area (Å²) in [5, 5.41) is 11.3. The molecule has 0 aliphatic rings. The molecule has 1 aromatic rings. The molecule has 1 aromatic carbocycles. The molecule has 0 aromatic heterocycles. The SMILES string of the molecule is C=CCOC(=O)Nc1ccc(S(C)(=O)=O)cc1C(=O)O. The molecule has 108 valence electrons. The van der Waals surface area contributed by atoms with Crippen LogP contribution in [0, 0.1) is 0 Å². The van der Waals surface area contributed by atoms with Gasteiger partial charge in [-0.15, -0.1) is 0 Å². The van der Waals surface area contributed by atoms with Gasteiger partial charge in [-0.3, -0.25) is 5.32 Å². The molecular formula is C12H13NO6S. The number of carbonyl (C=O) groups is 2. The van der Waals surface area contributed by atoms with Gasteiger partial charge in [0.1, 0.15) is 6.61 Å². The number of nitrogens with one attached hydrogen (secondary N) is 1. The summed E-state index contributed by atoms with van der Waals surface area (Å²) in [5.74, 6) is -1.37. The smallest absolute Gasteiger partial charge is 0.411 e. The first-order valence-electron chi connectivity index (χ1n) is 5.37. The lowest BCUT2D eigenvalue weighted by Crippen LogP contribution is -2.16. The van der Waals surface area contributed by atoms with Crippen LogP contribution in [-0.2, 0) is 14.6 Å². The zero-order valence-corrected chi connectivity index (χ0v) is 11.4. The molecule has 1 amide bonds. The molecule has 20 heavy (non-hydrogen) atoms.